The standard InChI is InChI=1S/C18H18N4O2/c1-2-24-18(23)15-8-9-17(19-10-15)21-16-11-20-22(13-16)12-14-6-4-3-5-7-14/h3-11,13H,2,12H2,1H3,(H,19,21). The molecule has 1 N–H and O–H groups in total. The average Bonchev–Trinajstić information content (AvgIpc) is 3.03. The molecule has 0 aliphatic rings. The van der Waals surface area contributed by atoms with Crippen LogP contribution in [0.5, 0.6) is 0 Å². The Labute approximate surface area is 140 Å². The summed E-state index contributed by atoms with van der Waals surface area (Å²) >= 11 is 0. The van der Waals surface area contributed by atoms with E-state index in [0.717, 1.165) is 5.69 Å². The molecular formula is C18H18N4O2. The van der Waals surface area contributed by atoms with Crippen molar-refractivity contribution in [3.05, 3.63) is 72.2 Å². The molecule has 0 unspecified atom stereocenters. The highest BCUT2D eigenvalue weighted by molar-refractivity contribution is 5.89. The number of anilines is 2. The normalized spacial score (nSPS) is 10.4. The fourth-order valence-electron chi connectivity index (χ4n) is 2.24. The van der Waals surface area contributed by atoms with E-state index >= 15 is 0 Å². The monoisotopic (exact) mass is 322 g/mol. The maximum absolute atomic E-state index is 11.6. The van der Waals surface area contributed by atoms with Crippen molar-refractivity contribution < 1.29 is 9.53 Å². The summed E-state index contributed by atoms with van der Waals surface area (Å²) in [5, 5.41) is 7.49. The lowest BCUT2D eigenvalue weighted by molar-refractivity contribution is 0.0526. The van der Waals surface area contributed by atoms with Crippen molar-refractivity contribution in [3.63, 3.8) is 0 Å². The Bertz CT molecular complexity index is 797. The van der Waals surface area contributed by atoms with Gasteiger partial charge >= 0.3 is 5.97 Å². The lowest BCUT2D eigenvalue weighted by Gasteiger charge is -2.04. The third-order valence-electron chi connectivity index (χ3n) is 3.37. The second kappa shape index (κ2) is 7.41. The zero-order valence-corrected chi connectivity index (χ0v) is 13.3. The summed E-state index contributed by atoms with van der Waals surface area (Å²) in [7, 11) is 0. The van der Waals surface area contributed by atoms with Crippen LogP contribution in [0.15, 0.2) is 61.1 Å². The van der Waals surface area contributed by atoms with Gasteiger partial charge in [0.2, 0.25) is 0 Å². The molecule has 0 saturated carbocycles. The Morgan fingerprint density at radius 3 is 2.71 bits per heavy atom. The summed E-state index contributed by atoms with van der Waals surface area (Å²) in [5.41, 5.74) is 2.45. The molecule has 0 saturated heterocycles. The van der Waals surface area contributed by atoms with Gasteiger partial charge in [-0.15, -0.1) is 0 Å². The molecule has 2 heterocycles. The fourth-order valence-corrected chi connectivity index (χ4v) is 2.24. The minimum atomic E-state index is -0.368. The largest absolute Gasteiger partial charge is 0.462 e. The Morgan fingerprint density at radius 2 is 2.00 bits per heavy atom. The van der Waals surface area contributed by atoms with E-state index in [2.05, 4.69) is 27.5 Å². The molecule has 0 aliphatic heterocycles. The molecule has 3 aromatic rings. The van der Waals surface area contributed by atoms with E-state index in [0.29, 0.717) is 24.5 Å². The van der Waals surface area contributed by atoms with Crippen LogP contribution in [0.3, 0.4) is 0 Å². The van der Waals surface area contributed by atoms with Crippen molar-refractivity contribution in [1.29, 1.82) is 0 Å². The number of carbonyl (C=O) groups excluding carboxylic acids is 1. The minimum absolute atomic E-state index is 0.347. The van der Waals surface area contributed by atoms with Gasteiger partial charge in [-0.3, -0.25) is 4.68 Å². The number of hydrogen-bond acceptors (Lipinski definition) is 5. The van der Waals surface area contributed by atoms with E-state index < -0.39 is 0 Å². The number of pyridine rings is 1. The zero-order chi connectivity index (χ0) is 16.8. The van der Waals surface area contributed by atoms with Crippen molar-refractivity contribution >= 4 is 17.5 Å². The first-order valence-electron chi connectivity index (χ1n) is 7.71. The Hall–Kier alpha value is -3.15. The summed E-state index contributed by atoms with van der Waals surface area (Å²) in [6, 6.07) is 13.5. The second-order valence-corrected chi connectivity index (χ2v) is 5.19. The van der Waals surface area contributed by atoms with Crippen molar-refractivity contribution in [2.45, 2.75) is 13.5 Å². The molecule has 0 amide bonds. The van der Waals surface area contributed by atoms with Gasteiger partial charge in [0.1, 0.15) is 5.82 Å². The lowest BCUT2D eigenvalue weighted by Crippen LogP contribution is -2.05. The van der Waals surface area contributed by atoms with Crippen molar-refractivity contribution in [1.82, 2.24) is 14.8 Å². The topological polar surface area (TPSA) is 69.0 Å². The van der Waals surface area contributed by atoms with Gasteiger partial charge in [-0.1, -0.05) is 30.3 Å². The van der Waals surface area contributed by atoms with Crippen LogP contribution in [-0.2, 0) is 11.3 Å². The quantitative estimate of drug-likeness (QED) is 0.706. The molecule has 0 spiro atoms. The van der Waals surface area contributed by atoms with Gasteiger partial charge in [-0.05, 0) is 24.6 Å². The van der Waals surface area contributed by atoms with Gasteiger partial charge in [0.05, 0.1) is 30.6 Å². The zero-order valence-electron chi connectivity index (χ0n) is 13.3. The highest BCUT2D eigenvalue weighted by Crippen LogP contribution is 2.15. The molecule has 122 valence electrons. The molecular weight excluding hydrogens is 304 g/mol. The minimum Gasteiger partial charge on any atom is -0.462 e. The molecule has 0 bridgehead atoms. The summed E-state index contributed by atoms with van der Waals surface area (Å²) < 4.78 is 6.79. The molecule has 0 radical (unpaired) electrons. The summed E-state index contributed by atoms with van der Waals surface area (Å²) in [6.45, 7) is 2.82. The third kappa shape index (κ3) is 3.98. The van der Waals surface area contributed by atoms with E-state index in [-0.39, 0.29) is 5.97 Å². The number of nitrogens with zero attached hydrogens (tertiary/aromatic N) is 3. The summed E-state index contributed by atoms with van der Waals surface area (Å²) in [6.07, 6.45) is 5.15. The fraction of sp³-hybridized carbons (Fsp3) is 0.167. The first-order valence-corrected chi connectivity index (χ1v) is 7.71. The van der Waals surface area contributed by atoms with Crippen molar-refractivity contribution in [2.24, 2.45) is 0 Å². The van der Waals surface area contributed by atoms with Crippen LogP contribution in [0.2, 0.25) is 0 Å². The van der Waals surface area contributed by atoms with E-state index in [1.807, 2.05) is 29.1 Å². The van der Waals surface area contributed by atoms with Gasteiger partial charge in [-0.25, -0.2) is 9.78 Å². The summed E-state index contributed by atoms with van der Waals surface area (Å²) in [5.74, 6) is 0.273. The highest BCUT2D eigenvalue weighted by atomic mass is 16.5. The van der Waals surface area contributed by atoms with Crippen LogP contribution >= 0.6 is 0 Å². The summed E-state index contributed by atoms with van der Waals surface area (Å²) in [4.78, 5) is 15.8. The molecule has 6 nitrogen and oxygen atoms in total. The van der Waals surface area contributed by atoms with Crippen LogP contribution in [0.25, 0.3) is 0 Å². The Kier molecular flexibility index (Phi) is 4.86. The first kappa shape index (κ1) is 15.7. The van der Waals surface area contributed by atoms with E-state index in [1.165, 1.54) is 11.8 Å². The highest BCUT2D eigenvalue weighted by Gasteiger charge is 2.07. The van der Waals surface area contributed by atoms with Gasteiger partial charge in [0.25, 0.3) is 0 Å². The predicted molar refractivity (Wildman–Crippen MR) is 91.2 cm³/mol. The van der Waals surface area contributed by atoms with Gasteiger partial charge < -0.3 is 10.1 Å². The number of benzene rings is 1. The Balaban J connectivity index is 1.63. The third-order valence-corrected chi connectivity index (χ3v) is 3.37. The van der Waals surface area contributed by atoms with Gasteiger partial charge in [0, 0.05) is 12.4 Å². The smallest absolute Gasteiger partial charge is 0.339 e. The first-order chi connectivity index (χ1) is 11.7. The van der Waals surface area contributed by atoms with Crippen LogP contribution in [0, 0.1) is 0 Å². The molecule has 24 heavy (non-hydrogen) atoms. The average molecular weight is 322 g/mol. The van der Waals surface area contributed by atoms with Crippen molar-refractivity contribution in [2.75, 3.05) is 11.9 Å². The predicted octanol–water partition coefficient (Wildman–Crippen LogP) is 3.25. The van der Waals surface area contributed by atoms with Gasteiger partial charge in [0.15, 0.2) is 0 Å². The number of aromatic nitrogens is 3. The van der Waals surface area contributed by atoms with E-state index in [4.69, 9.17) is 4.74 Å². The molecule has 0 atom stereocenters. The van der Waals surface area contributed by atoms with Crippen LogP contribution in [-0.4, -0.2) is 27.3 Å². The molecule has 2 aromatic heterocycles. The lowest BCUT2D eigenvalue weighted by atomic mass is 10.2. The second-order valence-electron chi connectivity index (χ2n) is 5.19. The molecule has 3 rings (SSSR count). The molecule has 6 heteroatoms. The molecule has 0 aliphatic carbocycles. The number of esters is 1. The maximum Gasteiger partial charge on any atom is 0.339 e. The number of hydrogen-bond donors (Lipinski definition) is 1. The number of rotatable bonds is 6. The van der Waals surface area contributed by atoms with Crippen molar-refractivity contribution in [3.8, 4) is 0 Å². The van der Waals surface area contributed by atoms with E-state index in [9.17, 15) is 4.79 Å². The van der Waals surface area contributed by atoms with Crippen LogP contribution in [0.1, 0.15) is 22.8 Å². The SMILES string of the molecule is CCOC(=O)c1ccc(Nc2cnn(Cc3ccccc3)c2)nc1. The number of ether oxygens (including phenoxy) is 1. The Morgan fingerprint density at radius 1 is 1.17 bits per heavy atom. The number of carbonyl (C=O) groups is 1. The van der Waals surface area contributed by atoms with E-state index in [1.54, 1.807) is 25.3 Å². The molecule has 0 fully saturated rings. The maximum atomic E-state index is 11.6. The molecule has 1 aromatic carbocycles. The van der Waals surface area contributed by atoms with Crippen LogP contribution in [0.4, 0.5) is 11.5 Å². The van der Waals surface area contributed by atoms with Gasteiger partial charge in [-0.2, -0.15) is 5.10 Å². The van der Waals surface area contributed by atoms with Crippen LogP contribution < -0.4 is 5.32 Å². The number of nitrogens with one attached hydrogen (secondary N) is 1.